The van der Waals surface area contributed by atoms with Gasteiger partial charge in [0.05, 0.1) is 25.8 Å². The fraction of sp³-hybridized carbons (Fsp3) is 0.533. The monoisotopic (exact) mass is 278 g/mol. The van der Waals surface area contributed by atoms with Crippen molar-refractivity contribution in [3.63, 3.8) is 0 Å². The fourth-order valence-corrected chi connectivity index (χ4v) is 2.17. The van der Waals surface area contributed by atoms with Gasteiger partial charge in [-0.1, -0.05) is 12.1 Å². The summed E-state index contributed by atoms with van der Waals surface area (Å²) in [5, 5.41) is 14.7. The standard InChI is InChI=1S/C15H22N2O3/c1-10(9-18)16-15(19)17-14(11-3-4-11)12-5-7-13(20-2)8-6-12/h5-8,10-11,14,18H,3-4,9H2,1-2H3,(H2,16,17,19). The zero-order chi connectivity index (χ0) is 14.5. The van der Waals surface area contributed by atoms with Crippen molar-refractivity contribution in [1.29, 1.82) is 0 Å². The van der Waals surface area contributed by atoms with Crippen LogP contribution < -0.4 is 15.4 Å². The number of urea groups is 1. The molecule has 0 spiro atoms. The van der Waals surface area contributed by atoms with E-state index in [9.17, 15) is 4.79 Å². The lowest BCUT2D eigenvalue weighted by atomic mass is 10.0. The van der Waals surface area contributed by atoms with E-state index in [1.807, 2.05) is 24.3 Å². The molecule has 0 radical (unpaired) electrons. The molecule has 2 rings (SSSR count). The second kappa shape index (κ2) is 6.61. The lowest BCUT2D eigenvalue weighted by Crippen LogP contribution is -2.44. The van der Waals surface area contributed by atoms with Crippen molar-refractivity contribution in [2.24, 2.45) is 5.92 Å². The molecular weight excluding hydrogens is 256 g/mol. The first-order valence-electron chi connectivity index (χ1n) is 6.96. The van der Waals surface area contributed by atoms with Crippen molar-refractivity contribution >= 4 is 6.03 Å². The Morgan fingerprint density at radius 1 is 1.35 bits per heavy atom. The lowest BCUT2D eigenvalue weighted by molar-refractivity contribution is 0.216. The first-order chi connectivity index (χ1) is 9.63. The van der Waals surface area contributed by atoms with E-state index in [1.165, 1.54) is 0 Å². The molecule has 2 atom stereocenters. The van der Waals surface area contributed by atoms with E-state index in [0.29, 0.717) is 5.92 Å². The number of amides is 2. The Morgan fingerprint density at radius 2 is 2.00 bits per heavy atom. The van der Waals surface area contributed by atoms with E-state index in [1.54, 1.807) is 14.0 Å². The van der Waals surface area contributed by atoms with Crippen LogP contribution in [0.4, 0.5) is 4.79 Å². The van der Waals surface area contributed by atoms with Gasteiger partial charge in [0.15, 0.2) is 0 Å². The highest BCUT2D eigenvalue weighted by Crippen LogP contribution is 2.41. The Morgan fingerprint density at radius 3 is 2.50 bits per heavy atom. The van der Waals surface area contributed by atoms with E-state index >= 15 is 0 Å². The predicted molar refractivity (Wildman–Crippen MR) is 76.7 cm³/mol. The summed E-state index contributed by atoms with van der Waals surface area (Å²) in [4.78, 5) is 11.9. The topological polar surface area (TPSA) is 70.6 Å². The molecule has 1 saturated carbocycles. The Bertz CT molecular complexity index is 443. The van der Waals surface area contributed by atoms with E-state index in [2.05, 4.69) is 10.6 Å². The molecular formula is C15H22N2O3. The van der Waals surface area contributed by atoms with Crippen LogP contribution in [0.5, 0.6) is 5.75 Å². The van der Waals surface area contributed by atoms with Crippen LogP contribution in [-0.4, -0.2) is 30.9 Å². The highest BCUT2D eigenvalue weighted by Gasteiger charge is 2.33. The zero-order valence-electron chi connectivity index (χ0n) is 11.9. The van der Waals surface area contributed by atoms with Gasteiger partial charge in [-0.05, 0) is 43.4 Å². The summed E-state index contributed by atoms with van der Waals surface area (Å²) in [6.07, 6.45) is 2.26. The minimum absolute atomic E-state index is 0.0202. The van der Waals surface area contributed by atoms with Gasteiger partial charge in [0.25, 0.3) is 0 Å². The third-order valence-corrected chi connectivity index (χ3v) is 3.51. The fourth-order valence-electron chi connectivity index (χ4n) is 2.17. The van der Waals surface area contributed by atoms with E-state index < -0.39 is 0 Å². The third-order valence-electron chi connectivity index (χ3n) is 3.51. The number of ether oxygens (including phenoxy) is 1. The highest BCUT2D eigenvalue weighted by molar-refractivity contribution is 5.74. The summed E-state index contributed by atoms with van der Waals surface area (Å²) in [5.74, 6) is 1.31. The molecule has 0 saturated heterocycles. The van der Waals surface area contributed by atoms with Crippen LogP contribution >= 0.6 is 0 Å². The number of carbonyl (C=O) groups excluding carboxylic acids is 1. The summed E-state index contributed by atoms with van der Waals surface area (Å²) in [5.41, 5.74) is 1.08. The number of carbonyl (C=O) groups is 1. The van der Waals surface area contributed by atoms with Crippen molar-refractivity contribution in [2.75, 3.05) is 13.7 Å². The summed E-state index contributed by atoms with van der Waals surface area (Å²) < 4.78 is 5.15. The maximum atomic E-state index is 11.9. The zero-order valence-corrected chi connectivity index (χ0v) is 11.9. The van der Waals surface area contributed by atoms with Gasteiger partial charge in [-0.25, -0.2) is 4.79 Å². The van der Waals surface area contributed by atoms with Crippen LogP contribution in [0.3, 0.4) is 0 Å². The van der Waals surface area contributed by atoms with Gasteiger partial charge in [-0.2, -0.15) is 0 Å². The Balaban J connectivity index is 2.01. The van der Waals surface area contributed by atoms with Gasteiger partial charge in [0, 0.05) is 0 Å². The van der Waals surface area contributed by atoms with Gasteiger partial charge < -0.3 is 20.5 Å². The molecule has 20 heavy (non-hydrogen) atoms. The SMILES string of the molecule is COc1ccc(C(NC(=O)NC(C)CO)C2CC2)cc1. The molecule has 1 aromatic carbocycles. The van der Waals surface area contributed by atoms with Crippen LogP contribution in [0.1, 0.15) is 31.4 Å². The summed E-state index contributed by atoms with van der Waals surface area (Å²) in [7, 11) is 1.63. The number of hydrogen-bond acceptors (Lipinski definition) is 3. The molecule has 0 heterocycles. The number of methoxy groups -OCH3 is 1. The summed E-state index contributed by atoms with van der Waals surface area (Å²) in [6.45, 7) is 1.70. The lowest BCUT2D eigenvalue weighted by Gasteiger charge is -2.21. The van der Waals surface area contributed by atoms with Crippen LogP contribution in [0.25, 0.3) is 0 Å². The van der Waals surface area contributed by atoms with Crippen LogP contribution in [-0.2, 0) is 0 Å². The number of benzene rings is 1. The average Bonchev–Trinajstić information content (AvgIpc) is 3.29. The molecule has 0 bridgehead atoms. The molecule has 2 unspecified atom stereocenters. The Kier molecular flexibility index (Phi) is 4.84. The van der Waals surface area contributed by atoms with Crippen LogP contribution in [0, 0.1) is 5.92 Å². The highest BCUT2D eigenvalue weighted by atomic mass is 16.5. The number of rotatable bonds is 6. The molecule has 2 amide bonds. The van der Waals surface area contributed by atoms with Gasteiger partial charge >= 0.3 is 6.03 Å². The second-order valence-electron chi connectivity index (χ2n) is 5.29. The van der Waals surface area contributed by atoms with Crippen LogP contribution in [0.15, 0.2) is 24.3 Å². The Hall–Kier alpha value is -1.75. The maximum Gasteiger partial charge on any atom is 0.315 e. The maximum absolute atomic E-state index is 11.9. The second-order valence-corrected chi connectivity index (χ2v) is 5.29. The number of aliphatic hydroxyl groups is 1. The van der Waals surface area contributed by atoms with Gasteiger partial charge in [-0.15, -0.1) is 0 Å². The van der Waals surface area contributed by atoms with E-state index in [-0.39, 0.29) is 24.7 Å². The molecule has 1 aliphatic carbocycles. The molecule has 0 aromatic heterocycles. The first kappa shape index (κ1) is 14.7. The van der Waals surface area contributed by atoms with Gasteiger partial charge in [0.2, 0.25) is 0 Å². The van der Waals surface area contributed by atoms with Crippen molar-refractivity contribution in [3.05, 3.63) is 29.8 Å². The minimum atomic E-state index is -0.245. The van der Waals surface area contributed by atoms with E-state index in [4.69, 9.17) is 9.84 Å². The normalized spacial score (nSPS) is 17.1. The molecule has 110 valence electrons. The van der Waals surface area contributed by atoms with Crippen molar-refractivity contribution in [2.45, 2.75) is 31.8 Å². The minimum Gasteiger partial charge on any atom is -0.497 e. The largest absolute Gasteiger partial charge is 0.497 e. The molecule has 5 heteroatoms. The van der Waals surface area contributed by atoms with Gasteiger partial charge in [0.1, 0.15) is 5.75 Å². The molecule has 1 aliphatic rings. The number of aliphatic hydroxyl groups excluding tert-OH is 1. The predicted octanol–water partition coefficient (Wildman–Crippen LogP) is 1.83. The average molecular weight is 278 g/mol. The molecule has 1 aromatic rings. The van der Waals surface area contributed by atoms with Gasteiger partial charge in [-0.3, -0.25) is 0 Å². The van der Waals surface area contributed by atoms with Crippen molar-refractivity contribution in [1.82, 2.24) is 10.6 Å². The van der Waals surface area contributed by atoms with Crippen molar-refractivity contribution < 1.29 is 14.6 Å². The summed E-state index contributed by atoms with van der Waals surface area (Å²) in [6, 6.07) is 7.31. The van der Waals surface area contributed by atoms with Crippen molar-refractivity contribution in [3.8, 4) is 5.75 Å². The third kappa shape index (κ3) is 3.87. The summed E-state index contributed by atoms with van der Waals surface area (Å²) >= 11 is 0. The van der Waals surface area contributed by atoms with E-state index in [0.717, 1.165) is 24.2 Å². The first-order valence-corrected chi connectivity index (χ1v) is 6.96. The smallest absolute Gasteiger partial charge is 0.315 e. The number of hydrogen-bond donors (Lipinski definition) is 3. The van der Waals surface area contributed by atoms with Crippen LogP contribution in [0.2, 0.25) is 0 Å². The quantitative estimate of drug-likeness (QED) is 0.743. The molecule has 0 aliphatic heterocycles. The Labute approximate surface area is 119 Å². The molecule has 5 nitrogen and oxygen atoms in total. The molecule has 3 N–H and O–H groups in total. The number of nitrogens with one attached hydrogen (secondary N) is 2. The molecule has 1 fully saturated rings.